The van der Waals surface area contributed by atoms with Crippen molar-refractivity contribution in [2.75, 3.05) is 27.4 Å². The van der Waals surface area contributed by atoms with E-state index in [2.05, 4.69) is 10.3 Å². The Labute approximate surface area is 141 Å². The molecule has 0 unspecified atom stereocenters. The smallest absolute Gasteiger partial charge is 0.252 e. The van der Waals surface area contributed by atoms with Crippen molar-refractivity contribution >= 4 is 16.8 Å². The van der Waals surface area contributed by atoms with Gasteiger partial charge in [-0.25, -0.2) is 0 Å². The summed E-state index contributed by atoms with van der Waals surface area (Å²) in [6.45, 7) is 2.99. The summed E-state index contributed by atoms with van der Waals surface area (Å²) in [5.41, 5.74) is 2.12. The number of amides is 1. The van der Waals surface area contributed by atoms with Crippen LogP contribution in [0.2, 0.25) is 0 Å². The summed E-state index contributed by atoms with van der Waals surface area (Å²) in [6, 6.07) is 7.17. The van der Waals surface area contributed by atoms with Crippen molar-refractivity contribution in [3.05, 3.63) is 35.5 Å². The maximum Gasteiger partial charge on any atom is 0.252 e. The van der Waals surface area contributed by atoms with E-state index >= 15 is 0 Å². The van der Waals surface area contributed by atoms with Gasteiger partial charge in [-0.2, -0.15) is 0 Å². The van der Waals surface area contributed by atoms with Crippen molar-refractivity contribution in [2.45, 2.75) is 25.5 Å². The number of ether oxygens (including phenoxy) is 3. The van der Waals surface area contributed by atoms with Gasteiger partial charge in [0.25, 0.3) is 5.91 Å². The third-order valence-electron chi connectivity index (χ3n) is 4.30. The highest BCUT2D eigenvalue weighted by atomic mass is 16.5. The standard InChI is InChI=1S/C18H22N2O4/c1-11-8-14(13-5-4-12(22-2)9-15(13)19-11)18(21)20-16-10-24-7-6-17(16)23-3/h4-5,8-9,16-17H,6-7,10H2,1-3H3,(H,20,21)/t16-,17-/m1/s1. The van der Waals surface area contributed by atoms with Gasteiger partial charge in [0, 0.05) is 30.9 Å². The molecule has 0 saturated carbocycles. The normalized spacial score (nSPS) is 20.8. The maximum atomic E-state index is 12.8. The Morgan fingerprint density at radius 3 is 2.92 bits per heavy atom. The molecule has 1 fully saturated rings. The predicted octanol–water partition coefficient (Wildman–Crippen LogP) is 2.09. The van der Waals surface area contributed by atoms with Crippen LogP contribution in [0, 0.1) is 6.92 Å². The van der Waals surface area contributed by atoms with Crippen LogP contribution in [0.1, 0.15) is 22.5 Å². The van der Waals surface area contributed by atoms with Crippen LogP contribution in [-0.4, -0.2) is 50.5 Å². The molecule has 0 bridgehead atoms. The lowest BCUT2D eigenvalue weighted by atomic mass is 10.0. The van der Waals surface area contributed by atoms with E-state index in [4.69, 9.17) is 14.2 Å². The van der Waals surface area contributed by atoms with E-state index in [1.807, 2.05) is 25.1 Å². The van der Waals surface area contributed by atoms with Crippen LogP contribution < -0.4 is 10.1 Å². The van der Waals surface area contributed by atoms with Gasteiger partial charge in [-0.05, 0) is 31.5 Å². The van der Waals surface area contributed by atoms with Crippen LogP contribution in [-0.2, 0) is 9.47 Å². The van der Waals surface area contributed by atoms with Gasteiger partial charge < -0.3 is 19.5 Å². The van der Waals surface area contributed by atoms with E-state index in [1.165, 1.54) is 0 Å². The quantitative estimate of drug-likeness (QED) is 0.929. The Morgan fingerprint density at radius 2 is 2.17 bits per heavy atom. The summed E-state index contributed by atoms with van der Waals surface area (Å²) < 4.78 is 16.2. The van der Waals surface area contributed by atoms with Gasteiger partial charge in [0.15, 0.2) is 0 Å². The van der Waals surface area contributed by atoms with Gasteiger partial charge >= 0.3 is 0 Å². The molecule has 0 radical (unpaired) electrons. The van der Waals surface area contributed by atoms with Crippen LogP contribution in [0.25, 0.3) is 10.9 Å². The number of fused-ring (bicyclic) bond motifs is 1. The van der Waals surface area contributed by atoms with Crippen molar-refractivity contribution in [3.63, 3.8) is 0 Å². The Morgan fingerprint density at radius 1 is 1.33 bits per heavy atom. The largest absolute Gasteiger partial charge is 0.497 e. The zero-order chi connectivity index (χ0) is 17.1. The van der Waals surface area contributed by atoms with Gasteiger partial charge in [0.1, 0.15) is 5.75 Å². The summed E-state index contributed by atoms with van der Waals surface area (Å²) >= 11 is 0. The number of rotatable bonds is 4. The molecule has 1 N–H and O–H groups in total. The zero-order valence-electron chi connectivity index (χ0n) is 14.2. The molecule has 128 valence electrons. The third kappa shape index (κ3) is 3.34. The minimum atomic E-state index is -0.155. The van der Waals surface area contributed by atoms with Crippen molar-refractivity contribution in [3.8, 4) is 5.75 Å². The van der Waals surface area contributed by atoms with Gasteiger partial charge in [-0.1, -0.05) is 0 Å². The first-order valence-electron chi connectivity index (χ1n) is 7.99. The molecule has 1 aliphatic rings. The Balaban J connectivity index is 1.91. The lowest BCUT2D eigenvalue weighted by Gasteiger charge is -2.31. The van der Waals surface area contributed by atoms with Gasteiger partial charge in [0.2, 0.25) is 0 Å². The molecular formula is C18H22N2O4. The van der Waals surface area contributed by atoms with Crippen molar-refractivity contribution in [2.24, 2.45) is 0 Å². The predicted molar refractivity (Wildman–Crippen MR) is 90.5 cm³/mol. The molecule has 1 aromatic carbocycles. The zero-order valence-corrected chi connectivity index (χ0v) is 14.2. The Hall–Kier alpha value is -2.18. The van der Waals surface area contributed by atoms with Crippen LogP contribution in [0.15, 0.2) is 24.3 Å². The van der Waals surface area contributed by atoms with Crippen molar-refractivity contribution < 1.29 is 19.0 Å². The minimum absolute atomic E-state index is 0.0306. The average molecular weight is 330 g/mol. The summed E-state index contributed by atoms with van der Waals surface area (Å²) in [4.78, 5) is 17.3. The number of hydrogen-bond donors (Lipinski definition) is 1. The lowest BCUT2D eigenvalue weighted by molar-refractivity contribution is -0.0349. The summed E-state index contributed by atoms with van der Waals surface area (Å²) in [5, 5.41) is 3.83. The number of benzene rings is 1. The monoisotopic (exact) mass is 330 g/mol. The topological polar surface area (TPSA) is 69.7 Å². The van der Waals surface area contributed by atoms with Gasteiger partial charge in [-0.15, -0.1) is 0 Å². The third-order valence-corrected chi connectivity index (χ3v) is 4.30. The highest BCUT2D eigenvalue weighted by Crippen LogP contribution is 2.23. The minimum Gasteiger partial charge on any atom is -0.497 e. The fraction of sp³-hybridized carbons (Fsp3) is 0.444. The fourth-order valence-electron chi connectivity index (χ4n) is 3.04. The summed E-state index contributed by atoms with van der Waals surface area (Å²) in [5.74, 6) is 0.570. The summed E-state index contributed by atoms with van der Waals surface area (Å²) in [6.07, 6.45) is 0.742. The van der Waals surface area contributed by atoms with E-state index in [-0.39, 0.29) is 18.1 Å². The average Bonchev–Trinajstić information content (AvgIpc) is 2.60. The fourth-order valence-corrected chi connectivity index (χ4v) is 3.04. The number of hydrogen-bond acceptors (Lipinski definition) is 5. The maximum absolute atomic E-state index is 12.8. The SMILES string of the molecule is COc1ccc2c(C(=O)N[C@@H]3COCC[C@H]3OC)cc(C)nc2c1. The lowest BCUT2D eigenvalue weighted by Crippen LogP contribution is -2.50. The molecule has 2 atom stereocenters. The van der Waals surface area contributed by atoms with E-state index < -0.39 is 0 Å². The Bertz CT molecular complexity index is 747. The van der Waals surface area contributed by atoms with Gasteiger partial charge in [0.05, 0.1) is 36.9 Å². The molecule has 1 aromatic heterocycles. The van der Waals surface area contributed by atoms with E-state index in [0.29, 0.717) is 24.5 Å². The molecule has 1 saturated heterocycles. The molecule has 3 rings (SSSR count). The summed E-state index contributed by atoms with van der Waals surface area (Å²) in [7, 11) is 3.27. The number of aromatic nitrogens is 1. The van der Waals surface area contributed by atoms with Gasteiger partial charge in [-0.3, -0.25) is 9.78 Å². The van der Waals surface area contributed by atoms with Crippen molar-refractivity contribution in [1.82, 2.24) is 10.3 Å². The molecular weight excluding hydrogens is 308 g/mol. The highest BCUT2D eigenvalue weighted by Gasteiger charge is 2.28. The van der Waals surface area contributed by atoms with E-state index in [0.717, 1.165) is 23.0 Å². The van der Waals surface area contributed by atoms with Crippen LogP contribution in [0.5, 0.6) is 5.75 Å². The first-order chi connectivity index (χ1) is 11.6. The molecule has 0 spiro atoms. The molecule has 2 aromatic rings. The van der Waals surface area contributed by atoms with E-state index in [1.54, 1.807) is 20.3 Å². The first kappa shape index (κ1) is 16.7. The second kappa shape index (κ2) is 7.15. The number of carbonyl (C=O) groups is 1. The molecule has 2 heterocycles. The number of methoxy groups -OCH3 is 2. The van der Waals surface area contributed by atoms with Crippen LogP contribution >= 0.6 is 0 Å². The second-order valence-electron chi connectivity index (χ2n) is 5.91. The Kier molecular flexibility index (Phi) is 4.97. The number of carbonyl (C=O) groups excluding carboxylic acids is 1. The number of aryl methyl sites for hydroxylation is 1. The number of nitrogens with zero attached hydrogens (tertiary/aromatic N) is 1. The van der Waals surface area contributed by atoms with Crippen LogP contribution in [0.4, 0.5) is 0 Å². The molecule has 1 aliphatic heterocycles. The molecule has 6 heteroatoms. The van der Waals surface area contributed by atoms with Crippen LogP contribution in [0.3, 0.4) is 0 Å². The molecule has 1 amide bonds. The molecule has 0 aliphatic carbocycles. The number of pyridine rings is 1. The first-order valence-corrected chi connectivity index (χ1v) is 7.99. The van der Waals surface area contributed by atoms with Crippen molar-refractivity contribution in [1.29, 1.82) is 0 Å². The second-order valence-corrected chi connectivity index (χ2v) is 5.91. The molecule has 24 heavy (non-hydrogen) atoms. The molecule has 6 nitrogen and oxygen atoms in total. The number of nitrogens with one attached hydrogen (secondary N) is 1. The van der Waals surface area contributed by atoms with E-state index in [9.17, 15) is 4.79 Å². The highest BCUT2D eigenvalue weighted by molar-refractivity contribution is 6.06.